The van der Waals surface area contributed by atoms with E-state index in [4.69, 9.17) is 0 Å². The number of aromatic nitrogens is 1. The van der Waals surface area contributed by atoms with Gasteiger partial charge in [0.05, 0.1) is 22.3 Å². The normalized spacial score (nSPS) is 15.6. The van der Waals surface area contributed by atoms with E-state index >= 15 is 0 Å². The van der Waals surface area contributed by atoms with Crippen LogP contribution in [0.2, 0.25) is 0 Å². The summed E-state index contributed by atoms with van der Waals surface area (Å²) in [5, 5.41) is 0. The second kappa shape index (κ2) is 3.59. The van der Waals surface area contributed by atoms with Crippen molar-refractivity contribution in [2.45, 2.75) is 6.42 Å². The van der Waals surface area contributed by atoms with E-state index in [1.54, 1.807) is 11.3 Å². The van der Waals surface area contributed by atoms with Gasteiger partial charge in [-0.25, -0.2) is 4.98 Å². The third-order valence-electron chi connectivity index (χ3n) is 2.59. The lowest BCUT2D eigenvalue weighted by Crippen LogP contribution is -1.93. The molecule has 0 unspecified atom stereocenters. The van der Waals surface area contributed by atoms with E-state index in [2.05, 4.69) is 34.3 Å². The van der Waals surface area contributed by atoms with E-state index in [1.165, 1.54) is 15.8 Å². The fourth-order valence-electron chi connectivity index (χ4n) is 1.77. The zero-order chi connectivity index (χ0) is 10.1. The molecule has 74 valence electrons. The Morgan fingerprint density at radius 1 is 1.27 bits per heavy atom. The second-order valence-electron chi connectivity index (χ2n) is 3.52. The molecule has 2 aromatic rings. The molecule has 2 nitrogen and oxygen atoms in total. The van der Waals surface area contributed by atoms with Gasteiger partial charge < -0.3 is 0 Å². The maximum Gasteiger partial charge on any atom is 0.0812 e. The SMILES string of the molecule is C1=NCC=C(c2ccc3ncsc3c2)C1. The number of hydrogen-bond acceptors (Lipinski definition) is 3. The van der Waals surface area contributed by atoms with Crippen LogP contribution in [0.4, 0.5) is 0 Å². The summed E-state index contributed by atoms with van der Waals surface area (Å²) < 4.78 is 1.26. The van der Waals surface area contributed by atoms with Gasteiger partial charge in [-0.15, -0.1) is 11.3 Å². The van der Waals surface area contributed by atoms with Crippen molar-refractivity contribution < 1.29 is 0 Å². The zero-order valence-electron chi connectivity index (χ0n) is 8.18. The minimum absolute atomic E-state index is 0.816. The van der Waals surface area contributed by atoms with Crippen molar-refractivity contribution in [3.63, 3.8) is 0 Å². The van der Waals surface area contributed by atoms with Gasteiger partial charge >= 0.3 is 0 Å². The van der Waals surface area contributed by atoms with Crippen LogP contribution in [0.1, 0.15) is 12.0 Å². The van der Waals surface area contributed by atoms with Crippen LogP contribution in [-0.4, -0.2) is 17.7 Å². The average Bonchev–Trinajstić information content (AvgIpc) is 2.77. The van der Waals surface area contributed by atoms with Crippen LogP contribution in [-0.2, 0) is 0 Å². The molecule has 1 aromatic carbocycles. The number of fused-ring (bicyclic) bond motifs is 1. The van der Waals surface area contributed by atoms with E-state index in [0.29, 0.717) is 0 Å². The van der Waals surface area contributed by atoms with E-state index in [1.807, 2.05) is 11.7 Å². The molecule has 0 N–H and O–H groups in total. The Balaban J connectivity index is 2.07. The minimum Gasteiger partial charge on any atom is -0.293 e. The molecule has 0 saturated carbocycles. The number of nitrogens with zero attached hydrogens (tertiary/aromatic N) is 2. The summed E-state index contributed by atoms with van der Waals surface area (Å²) in [6.45, 7) is 0.816. The predicted octanol–water partition coefficient (Wildman–Crippen LogP) is 3.15. The molecule has 3 heteroatoms. The maximum atomic E-state index is 4.28. The Morgan fingerprint density at radius 3 is 3.13 bits per heavy atom. The van der Waals surface area contributed by atoms with Crippen molar-refractivity contribution in [1.29, 1.82) is 0 Å². The molecule has 3 rings (SSSR count). The highest BCUT2D eigenvalue weighted by Gasteiger charge is 2.04. The van der Waals surface area contributed by atoms with Crippen molar-refractivity contribution in [2.24, 2.45) is 4.99 Å². The third kappa shape index (κ3) is 1.59. The molecule has 1 aliphatic rings. The van der Waals surface area contributed by atoms with Crippen LogP contribution < -0.4 is 0 Å². The van der Waals surface area contributed by atoms with E-state index < -0.39 is 0 Å². The third-order valence-corrected chi connectivity index (χ3v) is 3.38. The van der Waals surface area contributed by atoms with Crippen molar-refractivity contribution in [2.75, 3.05) is 6.54 Å². The molecule has 0 radical (unpaired) electrons. The lowest BCUT2D eigenvalue weighted by molar-refractivity contribution is 1.20. The van der Waals surface area contributed by atoms with Gasteiger partial charge in [0.15, 0.2) is 0 Å². The number of allylic oxidation sites excluding steroid dienone is 1. The van der Waals surface area contributed by atoms with E-state index in [9.17, 15) is 0 Å². The monoisotopic (exact) mass is 214 g/mol. The second-order valence-corrected chi connectivity index (χ2v) is 4.40. The summed E-state index contributed by atoms with van der Waals surface area (Å²) >= 11 is 1.69. The van der Waals surface area contributed by atoms with Crippen LogP contribution >= 0.6 is 11.3 Å². The predicted molar refractivity (Wildman–Crippen MR) is 65.6 cm³/mol. The van der Waals surface area contributed by atoms with Gasteiger partial charge in [-0.2, -0.15) is 0 Å². The Hall–Kier alpha value is -1.48. The highest BCUT2D eigenvalue weighted by molar-refractivity contribution is 7.16. The molecule has 0 atom stereocenters. The smallest absolute Gasteiger partial charge is 0.0812 e. The van der Waals surface area contributed by atoms with E-state index in [0.717, 1.165) is 18.5 Å². The number of benzene rings is 1. The van der Waals surface area contributed by atoms with Crippen molar-refractivity contribution in [1.82, 2.24) is 4.98 Å². The van der Waals surface area contributed by atoms with Gasteiger partial charge in [-0.3, -0.25) is 4.99 Å². The Labute approximate surface area is 92.0 Å². The largest absolute Gasteiger partial charge is 0.293 e. The summed E-state index contributed by atoms with van der Waals surface area (Å²) in [6, 6.07) is 6.46. The molecule has 0 aliphatic carbocycles. The summed E-state index contributed by atoms with van der Waals surface area (Å²) in [5.41, 5.74) is 5.66. The molecule has 0 fully saturated rings. The van der Waals surface area contributed by atoms with Crippen LogP contribution in [0, 0.1) is 0 Å². The van der Waals surface area contributed by atoms with Crippen LogP contribution in [0.3, 0.4) is 0 Å². The fourth-order valence-corrected chi connectivity index (χ4v) is 2.49. The number of dihydropyridines is 1. The first-order chi connectivity index (χ1) is 7.43. The molecule has 2 heterocycles. The van der Waals surface area contributed by atoms with Gasteiger partial charge in [0.25, 0.3) is 0 Å². The topological polar surface area (TPSA) is 25.2 Å². The summed E-state index contributed by atoms with van der Waals surface area (Å²) in [5.74, 6) is 0. The van der Waals surface area contributed by atoms with Gasteiger partial charge in [0.1, 0.15) is 0 Å². The zero-order valence-corrected chi connectivity index (χ0v) is 9.00. The number of aliphatic imine (C=N–C) groups is 1. The first-order valence-corrected chi connectivity index (χ1v) is 5.82. The van der Waals surface area contributed by atoms with Crippen molar-refractivity contribution >= 4 is 33.3 Å². The van der Waals surface area contributed by atoms with Crippen molar-refractivity contribution in [3.8, 4) is 0 Å². The summed E-state index contributed by atoms with van der Waals surface area (Å²) in [4.78, 5) is 8.47. The van der Waals surface area contributed by atoms with Gasteiger partial charge in [0.2, 0.25) is 0 Å². The van der Waals surface area contributed by atoms with Gasteiger partial charge in [-0.05, 0) is 23.3 Å². The quantitative estimate of drug-likeness (QED) is 0.715. The van der Waals surface area contributed by atoms with Gasteiger partial charge in [0, 0.05) is 12.6 Å². The molecular weight excluding hydrogens is 204 g/mol. The molecule has 0 amide bonds. The first-order valence-electron chi connectivity index (χ1n) is 4.94. The Morgan fingerprint density at radius 2 is 2.27 bits per heavy atom. The lowest BCUT2D eigenvalue weighted by Gasteiger charge is -2.07. The summed E-state index contributed by atoms with van der Waals surface area (Å²) in [6.07, 6.45) is 5.14. The molecule has 1 aliphatic heterocycles. The summed E-state index contributed by atoms with van der Waals surface area (Å²) in [7, 11) is 0. The highest BCUT2D eigenvalue weighted by atomic mass is 32.1. The molecule has 0 saturated heterocycles. The van der Waals surface area contributed by atoms with Crippen LogP contribution in [0.25, 0.3) is 15.8 Å². The van der Waals surface area contributed by atoms with Gasteiger partial charge in [-0.1, -0.05) is 12.1 Å². The molecule has 15 heavy (non-hydrogen) atoms. The number of hydrogen-bond donors (Lipinski definition) is 0. The lowest BCUT2D eigenvalue weighted by atomic mass is 10.0. The van der Waals surface area contributed by atoms with Crippen LogP contribution in [0.15, 0.2) is 34.8 Å². The van der Waals surface area contributed by atoms with Crippen LogP contribution in [0.5, 0.6) is 0 Å². The first kappa shape index (κ1) is 8.80. The number of thiazole rings is 1. The maximum absolute atomic E-state index is 4.28. The molecule has 0 bridgehead atoms. The Bertz CT molecular complexity index is 552. The number of rotatable bonds is 1. The van der Waals surface area contributed by atoms with E-state index in [-0.39, 0.29) is 0 Å². The average molecular weight is 214 g/mol. The minimum atomic E-state index is 0.816. The standard InChI is InChI=1S/C12H10N2S/c1-2-11-12(15-8-14-11)7-10(1)9-3-5-13-6-4-9/h1-3,6-8H,4-5H2. The molecule has 0 spiro atoms. The molecular formula is C12H10N2S. The highest BCUT2D eigenvalue weighted by Crippen LogP contribution is 2.25. The fraction of sp³-hybridized carbons (Fsp3) is 0.167. The molecule has 1 aromatic heterocycles. The Kier molecular flexibility index (Phi) is 2.10. The van der Waals surface area contributed by atoms with Crippen molar-refractivity contribution in [3.05, 3.63) is 35.3 Å².